The van der Waals surface area contributed by atoms with Crippen molar-refractivity contribution in [1.82, 2.24) is 5.32 Å². The largest absolute Gasteiger partial charge is 0.397 e. The van der Waals surface area contributed by atoms with Crippen molar-refractivity contribution in [3.05, 3.63) is 36.5 Å². The Hall–Kier alpha value is -1.72. The summed E-state index contributed by atoms with van der Waals surface area (Å²) in [5.74, 6) is -0.714. The summed E-state index contributed by atoms with van der Waals surface area (Å²) in [5, 5.41) is 55.3. The minimum atomic E-state index is -5.12. The highest BCUT2D eigenvalue weighted by Crippen LogP contribution is 2.26. The predicted octanol–water partition coefficient (Wildman–Crippen LogP) is 9.64. The molecule has 1 amide bonds. The van der Waals surface area contributed by atoms with E-state index in [4.69, 9.17) is 9.47 Å². The van der Waals surface area contributed by atoms with Crippen LogP contribution >= 0.6 is 0 Å². The second-order valence-electron chi connectivity index (χ2n) is 17.9. The number of amides is 1. The first-order valence-corrected chi connectivity index (χ1v) is 26.8. The quantitative estimate of drug-likeness (QED) is 0.0173. The summed E-state index contributed by atoms with van der Waals surface area (Å²) in [6.07, 6.45) is 36.5. The van der Waals surface area contributed by atoms with Crippen molar-refractivity contribution < 1.29 is 57.0 Å². The maximum Gasteiger partial charge on any atom is 0.397 e. The maximum absolute atomic E-state index is 13.1. The molecule has 14 heteroatoms. The summed E-state index contributed by atoms with van der Waals surface area (Å²) >= 11 is 0. The lowest BCUT2D eigenvalue weighted by Crippen LogP contribution is -2.61. The summed E-state index contributed by atoms with van der Waals surface area (Å²) in [6, 6.07) is -1.14. The molecule has 0 aromatic rings. The lowest BCUT2D eigenvalue weighted by atomic mass is 9.99. The third-order valence-corrected chi connectivity index (χ3v) is 12.5. The van der Waals surface area contributed by atoms with Gasteiger partial charge in [0.05, 0.1) is 25.4 Å². The van der Waals surface area contributed by atoms with Crippen LogP contribution in [0.5, 0.6) is 0 Å². The molecule has 8 unspecified atom stereocenters. The maximum atomic E-state index is 13.1. The Morgan fingerprint density at radius 2 is 1.05 bits per heavy atom. The molecule has 1 rings (SSSR count). The number of nitrogens with one attached hydrogen (secondary N) is 1. The molecule has 0 aromatic carbocycles. The van der Waals surface area contributed by atoms with E-state index in [1.54, 1.807) is 6.08 Å². The van der Waals surface area contributed by atoms with Crippen molar-refractivity contribution in [2.24, 2.45) is 0 Å². The van der Waals surface area contributed by atoms with E-state index in [1.165, 1.54) is 141 Å². The Labute approximate surface area is 388 Å². The first-order valence-electron chi connectivity index (χ1n) is 25.5. The number of hydrogen-bond donors (Lipinski definition) is 7. The number of allylic oxidation sites excluding steroid dienone is 5. The number of aliphatic hydroxyl groups excluding tert-OH is 5. The van der Waals surface area contributed by atoms with Crippen molar-refractivity contribution >= 4 is 16.3 Å². The summed E-state index contributed by atoms with van der Waals surface area (Å²) in [5.41, 5.74) is 0. The fourth-order valence-corrected chi connectivity index (χ4v) is 8.47. The molecular formula is C50H93NO12S. The lowest BCUT2D eigenvalue weighted by molar-refractivity contribution is -0.298. The van der Waals surface area contributed by atoms with E-state index < -0.39 is 78.5 Å². The van der Waals surface area contributed by atoms with Crippen LogP contribution in [0, 0.1) is 0 Å². The highest BCUT2D eigenvalue weighted by atomic mass is 32.3. The van der Waals surface area contributed by atoms with Crippen LogP contribution in [0.25, 0.3) is 0 Å². The first-order chi connectivity index (χ1) is 30.9. The van der Waals surface area contributed by atoms with Gasteiger partial charge in [-0.2, -0.15) is 8.42 Å². The zero-order chi connectivity index (χ0) is 47.1. The van der Waals surface area contributed by atoms with Gasteiger partial charge in [-0.3, -0.25) is 9.35 Å². The van der Waals surface area contributed by atoms with Gasteiger partial charge in [0.1, 0.15) is 30.5 Å². The molecule has 376 valence electrons. The van der Waals surface area contributed by atoms with E-state index in [0.29, 0.717) is 12.8 Å². The van der Waals surface area contributed by atoms with Crippen LogP contribution < -0.4 is 5.32 Å². The van der Waals surface area contributed by atoms with Gasteiger partial charge in [0.15, 0.2) is 6.29 Å². The lowest BCUT2D eigenvalue weighted by Gasteiger charge is -2.41. The van der Waals surface area contributed by atoms with Gasteiger partial charge in [0.25, 0.3) is 0 Å². The van der Waals surface area contributed by atoms with Crippen LogP contribution in [-0.4, -0.2) is 107 Å². The second-order valence-corrected chi connectivity index (χ2v) is 18.9. The molecule has 1 saturated heterocycles. The van der Waals surface area contributed by atoms with E-state index in [-0.39, 0.29) is 6.42 Å². The van der Waals surface area contributed by atoms with Gasteiger partial charge in [0, 0.05) is 0 Å². The van der Waals surface area contributed by atoms with E-state index in [0.717, 1.165) is 44.9 Å². The van der Waals surface area contributed by atoms with Crippen LogP contribution in [0.2, 0.25) is 0 Å². The number of aliphatic hydroxyl groups is 5. The van der Waals surface area contributed by atoms with Crippen LogP contribution in [0.4, 0.5) is 0 Å². The van der Waals surface area contributed by atoms with E-state index in [1.807, 2.05) is 0 Å². The van der Waals surface area contributed by atoms with Crippen molar-refractivity contribution in [1.29, 1.82) is 0 Å². The highest BCUT2D eigenvalue weighted by molar-refractivity contribution is 7.80. The monoisotopic (exact) mass is 932 g/mol. The minimum Gasteiger partial charge on any atom is -0.394 e. The Kier molecular flexibility index (Phi) is 38.0. The SMILES string of the molecule is CCCCCCC/C=C/CC/C=C/CC/C=C/C(O)C(COC1OC(CO)C(O)C(OS(=O)(=O)O)C1O)NC(=O)C(O)CCCCCCCCCCCCCCCCCCCCCC. The number of carbonyl (C=O) groups is 1. The van der Waals surface area contributed by atoms with E-state index in [9.17, 15) is 43.3 Å². The second kappa shape index (κ2) is 40.4. The topological polar surface area (TPSA) is 212 Å². The molecule has 0 bridgehead atoms. The molecule has 0 aliphatic carbocycles. The Morgan fingerprint density at radius 1 is 0.625 bits per heavy atom. The van der Waals surface area contributed by atoms with E-state index >= 15 is 0 Å². The average molecular weight is 932 g/mol. The Morgan fingerprint density at radius 3 is 1.50 bits per heavy atom. The van der Waals surface area contributed by atoms with Crippen molar-refractivity contribution in [3.63, 3.8) is 0 Å². The molecular weight excluding hydrogens is 839 g/mol. The van der Waals surface area contributed by atoms with E-state index in [2.05, 4.69) is 47.7 Å². The molecule has 13 nitrogen and oxygen atoms in total. The summed E-state index contributed by atoms with van der Waals surface area (Å²) in [7, 11) is -5.12. The van der Waals surface area contributed by atoms with Crippen LogP contribution in [-0.2, 0) is 28.9 Å². The van der Waals surface area contributed by atoms with Crippen LogP contribution in [0.3, 0.4) is 0 Å². The van der Waals surface area contributed by atoms with Crippen molar-refractivity contribution in [2.45, 2.75) is 262 Å². The number of ether oxygens (including phenoxy) is 2. The fraction of sp³-hybridized carbons (Fsp3) is 0.860. The molecule has 0 aromatic heterocycles. The Bertz CT molecular complexity index is 1300. The number of rotatable bonds is 43. The van der Waals surface area contributed by atoms with Gasteiger partial charge >= 0.3 is 10.4 Å². The molecule has 1 aliphatic rings. The summed E-state index contributed by atoms with van der Waals surface area (Å²) in [6.45, 7) is 3.20. The zero-order valence-corrected chi connectivity index (χ0v) is 40.8. The van der Waals surface area contributed by atoms with Gasteiger partial charge < -0.3 is 40.3 Å². The van der Waals surface area contributed by atoms with Gasteiger partial charge in [-0.15, -0.1) is 0 Å². The summed E-state index contributed by atoms with van der Waals surface area (Å²) < 4.78 is 47.6. The van der Waals surface area contributed by atoms with Crippen LogP contribution in [0.1, 0.15) is 213 Å². The molecule has 8 atom stereocenters. The molecule has 64 heavy (non-hydrogen) atoms. The first kappa shape index (κ1) is 60.3. The third kappa shape index (κ3) is 32.1. The zero-order valence-electron chi connectivity index (χ0n) is 40.0. The number of carbonyl (C=O) groups excluding carboxylic acids is 1. The molecule has 1 aliphatic heterocycles. The minimum absolute atomic E-state index is 0.237. The number of unbranched alkanes of at least 4 members (excludes halogenated alkanes) is 26. The molecule has 1 heterocycles. The average Bonchev–Trinajstić information content (AvgIpc) is 3.27. The van der Waals surface area contributed by atoms with Gasteiger partial charge in [-0.05, 0) is 44.9 Å². The molecule has 7 N–H and O–H groups in total. The normalized spacial score (nSPS) is 21.0. The Balaban J connectivity index is 2.52. The van der Waals surface area contributed by atoms with Crippen molar-refractivity contribution in [3.8, 4) is 0 Å². The standard InChI is InChI=1S/C50H93NO12S/c1-3-5-7-9-11-13-15-17-19-20-21-22-23-25-27-29-31-33-35-37-39-44(54)49(57)51-42(41-61-50-47(56)48(63-64(58,59)60)46(55)45(40-52)62-50)43(53)38-36-34-32-30-28-26-24-18-16-14-12-10-8-6-4-2/h16,18,28,30,36,38,42-48,50,52-56H,3-15,17,19-27,29,31-35,37,39-41H2,1-2H3,(H,51,57)(H,58,59,60)/b18-16+,30-28+,38-36+. The predicted molar refractivity (Wildman–Crippen MR) is 256 cm³/mol. The summed E-state index contributed by atoms with van der Waals surface area (Å²) in [4.78, 5) is 13.1. The fourth-order valence-electron chi connectivity index (χ4n) is 7.96. The number of hydrogen-bond acceptors (Lipinski definition) is 11. The third-order valence-electron chi connectivity index (χ3n) is 12.0. The van der Waals surface area contributed by atoms with Gasteiger partial charge in [0.2, 0.25) is 5.91 Å². The van der Waals surface area contributed by atoms with Gasteiger partial charge in [-0.1, -0.05) is 204 Å². The van der Waals surface area contributed by atoms with Crippen molar-refractivity contribution in [2.75, 3.05) is 13.2 Å². The smallest absolute Gasteiger partial charge is 0.394 e. The van der Waals surface area contributed by atoms with Gasteiger partial charge in [-0.25, -0.2) is 4.18 Å². The highest BCUT2D eigenvalue weighted by Gasteiger charge is 2.48. The molecule has 0 spiro atoms. The molecule has 0 saturated carbocycles. The van der Waals surface area contributed by atoms with Crippen LogP contribution in [0.15, 0.2) is 36.5 Å². The molecule has 1 fully saturated rings. The molecule has 0 radical (unpaired) electrons.